The maximum absolute atomic E-state index is 13.0. The van der Waals surface area contributed by atoms with Crippen LogP contribution in [0.5, 0.6) is 5.75 Å². The lowest BCUT2D eigenvalue weighted by molar-refractivity contribution is 0.0726. The molecule has 1 amide bonds. The number of hydrogen-bond donors (Lipinski definition) is 0. The van der Waals surface area contributed by atoms with Crippen molar-refractivity contribution in [1.82, 2.24) is 9.80 Å². The minimum atomic E-state index is 0.134. The van der Waals surface area contributed by atoms with Gasteiger partial charge in [-0.2, -0.15) is 0 Å². The third kappa shape index (κ3) is 4.48. The van der Waals surface area contributed by atoms with Gasteiger partial charge in [0.15, 0.2) is 0 Å². The molecule has 2 unspecified atom stereocenters. The second-order valence-corrected chi connectivity index (χ2v) is 8.95. The second-order valence-electron chi connectivity index (χ2n) is 8.95. The van der Waals surface area contributed by atoms with E-state index in [-0.39, 0.29) is 5.91 Å². The quantitative estimate of drug-likeness (QED) is 0.728. The molecule has 2 fully saturated rings. The van der Waals surface area contributed by atoms with E-state index in [4.69, 9.17) is 4.74 Å². The van der Waals surface area contributed by atoms with E-state index < -0.39 is 0 Å². The highest BCUT2D eigenvalue weighted by atomic mass is 16.5. The summed E-state index contributed by atoms with van der Waals surface area (Å²) >= 11 is 0. The van der Waals surface area contributed by atoms with Gasteiger partial charge >= 0.3 is 0 Å². The van der Waals surface area contributed by atoms with Crippen LogP contribution < -0.4 is 4.74 Å². The molecule has 0 heterocycles. The molecule has 0 spiro atoms. The SMILES string of the molecule is CN(C)C1C[C@@H]2CC(N(C)C(=O)c3ccc(COc4ccccc4)cc3)C[C@@H]2C1. The van der Waals surface area contributed by atoms with Gasteiger partial charge in [-0.3, -0.25) is 4.79 Å². The van der Waals surface area contributed by atoms with Crippen molar-refractivity contribution in [2.75, 3.05) is 21.1 Å². The third-order valence-corrected chi connectivity index (χ3v) is 6.91. The van der Waals surface area contributed by atoms with Crippen LogP contribution in [0, 0.1) is 11.8 Å². The van der Waals surface area contributed by atoms with Crippen LogP contribution in [0.3, 0.4) is 0 Å². The van der Waals surface area contributed by atoms with E-state index in [1.807, 2.05) is 66.5 Å². The van der Waals surface area contributed by atoms with Crippen LogP contribution in [0.15, 0.2) is 54.6 Å². The average molecular weight is 393 g/mol. The van der Waals surface area contributed by atoms with Crippen LogP contribution >= 0.6 is 0 Å². The van der Waals surface area contributed by atoms with Crippen molar-refractivity contribution in [2.24, 2.45) is 11.8 Å². The van der Waals surface area contributed by atoms with Gasteiger partial charge in [0.2, 0.25) is 0 Å². The summed E-state index contributed by atoms with van der Waals surface area (Å²) in [4.78, 5) is 17.4. The molecule has 4 rings (SSSR count). The van der Waals surface area contributed by atoms with Gasteiger partial charge in [-0.1, -0.05) is 30.3 Å². The lowest BCUT2D eigenvalue weighted by atomic mass is 10.0. The van der Waals surface area contributed by atoms with Gasteiger partial charge in [-0.25, -0.2) is 0 Å². The molecule has 2 saturated carbocycles. The monoisotopic (exact) mass is 392 g/mol. The van der Waals surface area contributed by atoms with Gasteiger partial charge in [0, 0.05) is 24.7 Å². The maximum atomic E-state index is 13.0. The van der Waals surface area contributed by atoms with Crippen LogP contribution in [0.2, 0.25) is 0 Å². The Labute approximate surface area is 174 Å². The van der Waals surface area contributed by atoms with Crippen molar-refractivity contribution in [3.8, 4) is 5.75 Å². The molecule has 0 radical (unpaired) electrons. The van der Waals surface area contributed by atoms with E-state index in [9.17, 15) is 4.79 Å². The highest BCUT2D eigenvalue weighted by Crippen LogP contribution is 2.46. The smallest absolute Gasteiger partial charge is 0.253 e. The number of para-hydroxylation sites is 1. The summed E-state index contributed by atoms with van der Waals surface area (Å²) in [7, 11) is 6.35. The fourth-order valence-electron chi connectivity index (χ4n) is 5.09. The van der Waals surface area contributed by atoms with Gasteiger partial charge < -0.3 is 14.5 Å². The molecule has 2 aromatic rings. The molecule has 2 aromatic carbocycles. The Morgan fingerprint density at radius 3 is 2.03 bits per heavy atom. The number of nitrogens with zero attached hydrogens (tertiary/aromatic N) is 2. The molecule has 0 aliphatic heterocycles. The summed E-state index contributed by atoms with van der Waals surface area (Å²) in [5.41, 5.74) is 1.83. The molecule has 154 valence electrons. The summed E-state index contributed by atoms with van der Waals surface area (Å²) < 4.78 is 5.79. The lowest BCUT2D eigenvalue weighted by Gasteiger charge is -2.27. The number of fused-ring (bicyclic) bond motifs is 1. The van der Waals surface area contributed by atoms with E-state index in [1.165, 1.54) is 12.8 Å². The first kappa shape index (κ1) is 20.0. The van der Waals surface area contributed by atoms with Crippen molar-refractivity contribution in [3.05, 3.63) is 65.7 Å². The van der Waals surface area contributed by atoms with E-state index in [2.05, 4.69) is 19.0 Å². The highest BCUT2D eigenvalue weighted by Gasteiger charge is 2.44. The summed E-state index contributed by atoms with van der Waals surface area (Å²) in [5.74, 6) is 2.55. The summed E-state index contributed by atoms with van der Waals surface area (Å²) in [6, 6.07) is 18.7. The molecule has 0 N–H and O–H groups in total. The minimum absolute atomic E-state index is 0.134. The van der Waals surface area contributed by atoms with Crippen LogP contribution in [0.4, 0.5) is 0 Å². The summed E-state index contributed by atoms with van der Waals surface area (Å²) in [6.45, 7) is 0.507. The fourth-order valence-corrected chi connectivity index (χ4v) is 5.09. The minimum Gasteiger partial charge on any atom is -0.489 e. The number of rotatable bonds is 6. The molecular formula is C25H32N2O2. The first-order valence-electron chi connectivity index (χ1n) is 10.7. The van der Waals surface area contributed by atoms with Crippen molar-refractivity contribution in [3.63, 3.8) is 0 Å². The predicted molar refractivity (Wildman–Crippen MR) is 116 cm³/mol. The van der Waals surface area contributed by atoms with Gasteiger partial charge in [0.1, 0.15) is 12.4 Å². The molecule has 4 atom stereocenters. The topological polar surface area (TPSA) is 32.8 Å². The van der Waals surface area contributed by atoms with Gasteiger partial charge in [-0.05, 0) is 81.4 Å². The average Bonchev–Trinajstić information content (AvgIpc) is 3.32. The normalized spacial score (nSPS) is 25.8. The standard InChI is InChI=1S/C25H32N2O2/c1-26(2)22-13-20-15-23(16-21(20)14-22)27(3)25(28)19-11-9-18(10-12-19)17-29-24-7-5-4-6-8-24/h4-12,20-23H,13-17H2,1-3H3/t20-,21+,22?,23?. The van der Waals surface area contributed by atoms with Crippen LogP contribution in [-0.4, -0.2) is 48.9 Å². The van der Waals surface area contributed by atoms with E-state index in [1.54, 1.807) is 0 Å². The summed E-state index contributed by atoms with van der Waals surface area (Å²) in [5, 5.41) is 0. The number of hydrogen-bond acceptors (Lipinski definition) is 3. The number of ether oxygens (including phenoxy) is 1. The fraction of sp³-hybridized carbons (Fsp3) is 0.480. The maximum Gasteiger partial charge on any atom is 0.253 e. The first-order chi connectivity index (χ1) is 14.0. The zero-order valence-corrected chi connectivity index (χ0v) is 17.8. The Bertz CT molecular complexity index is 804. The van der Waals surface area contributed by atoms with E-state index in [0.717, 1.165) is 47.6 Å². The van der Waals surface area contributed by atoms with Crippen LogP contribution in [0.25, 0.3) is 0 Å². The van der Waals surface area contributed by atoms with Crippen molar-refractivity contribution < 1.29 is 9.53 Å². The highest BCUT2D eigenvalue weighted by molar-refractivity contribution is 5.94. The Morgan fingerprint density at radius 1 is 0.862 bits per heavy atom. The number of benzene rings is 2. The molecule has 2 aliphatic rings. The lowest BCUT2D eigenvalue weighted by Crippen LogP contribution is -2.36. The van der Waals surface area contributed by atoms with Gasteiger partial charge in [-0.15, -0.1) is 0 Å². The number of carbonyl (C=O) groups excluding carboxylic acids is 1. The molecular weight excluding hydrogens is 360 g/mol. The van der Waals surface area contributed by atoms with Crippen molar-refractivity contribution in [1.29, 1.82) is 0 Å². The number of amides is 1. The van der Waals surface area contributed by atoms with Gasteiger partial charge in [0.25, 0.3) is 5.91 Å². The Hall–Kier alpha value is -2.33. The zero-order valence-electron chi connectivity index (χ0n) is 17.8. The third-order valence-electron chi connectivity index (χ3n) is 6.91. The Kier molecular flexibility index (Phi) is 5.91. The molecule has 29 heavy (non-hydrogen) atoms. The van der Waals surface area contributed by atoms with Crippen molar-refractivity contribution in [2.45, 2.75) is 44.4 Å². The largest absolute Gasteiger partial charge is 0.489 e. The zero-order chi connectivity index (χ0) is 20.4. The predicted octanol–water partition coefficient (Wildman–Crippen LogP) is 4.46. The summed E-state index contributed by atoms with van der Waals surface area (Å²) in [6.07, 6.45) is 4.87. The molecule has 4 nitrogen and oxygen atoms in total. The van der Waals surface area contributed by atoms with E-state index >= 15 is 0 Å². The van der Waals surface area contributed by atoms with Crippen molar-refractivity contribution >= 4 is 5.91 Å². The number of carbonyl (C=O) groups is 1. The second kappa shape index (κ2) is 8.58. The molecule has 4 heteroatoms. The molecule has 0 aromatic heterocycles. The van der Waals surface area contributed by atoms with Crippen LogP contribution in [-0.2, 0) is 6.61 Å². The molecule has 2 aliphatic carbocycles. The first-order valence-corrected chi connectivity index (χ1v) is 10.7. The van der Waals surface area contributed by atoms with Crippen LogP contribution in [0.1, 0.15) is 41.6 Å². The van der Waals surface area contributed by atoms with E-state index in [0.29, 0.717) is 12.6 Å². The van der Waals surface area contributed by atoms with Gasteiger partial charge in [0.05, 0.1) is 0 Å². The molecule has 0 bridgehead atoms. The Balaban J connectivity index is 1.31. The molecule has 0 saturated heterocycles. The Morgan fingerprint density at radius 2 is 1.45 bits per heavy atom.